The molecule has 21 heavy (non-hydrogen) atoms. The summed E-state index contributed by atoms with van der Waals surface area (Å²) in [6.45, 7) is 4.28. The quantitative estimate of drug-likeness (QED) is 0.751. The Morgan fingerprint density at radius 3 is 2.71 bits per heavy atom. The summed E-state index contributed by atoms with van der Waals surface area (Å²) in [7, 11) is 0. The maximum atomic E-state index is 11.3. The van der Waals surface area contributed by atoms with Gasteiger partial charge in [-0.25, -0.2) is 4.79 Å². The summed E-state index contributed by atoms with van der Waals surface area (Å²) in [5.41, 5.74) is 1.75. The minimum atomic E-state index is -0.353. The molecule has 0 bridgehead atoms. The number of hydrogen-bond donors (Lipinski definition) is 1. The minimum Gasteiger partial charge on any atom is -0.507 e. The molecule has 0 spiro atoms. The van der Waals surface area contributed by atoms with Gasteiger partial charge in [0.2, 0.25) is 0 Å². The second-order valence-corrected chi connectivity index (χ2v) is 7.08. The highest BCUT2D eigenvalue weighted by molar-refractivity contribution is 7.99. The molecule has 0 atom stereocenters. The van der Waals surface area contributed by atoms with E-state index in [4.69, 9.17) is 4.42 Å². The maximum absolute atomic E-state index is 11.3. The number of rotatable bonds is 3. The minimum absolute atomic E-state index is 0.170. The third kappa shape index (κ3) is 2.84. The van der Waals surface area contributed by atoms with Crippen molar-refractivity contribution in [2.24, 2.45) is 0 Å². The van der Waals surface area contributed by atoms with Crippen LogP contribution in [0.2, 0.25) is 0 Å². The number of phenolic OH excluding ortho intramolecular Hbond substituents is 1. The van der Waals surface area contributed by atoms with E-state index < -0.39 is 0 Å². The monoisotopic (exact) mass is 318 g/mol. The lowest BCUT2D eigenvalue weighted by molar-refractivity contribution is 0.462. The van der Waals surface area contributed by atoms with Crippen molar-refractivity contribution >= 4 is 33.4 Å². The zero-order valence-electron chi connectivity index (χ0n) is 11.6. The molecule has 2 aromatic carbocycles. The molecule has 1 N–H and O–H groups in total. The first kappa shape index (κ1) is 14.2. The van der Waals surface area contributed by atoms with Crippen LogP contribution < -0.4 is 4.94 Å². The Labute approximate surface area is 130 Å². The van der Waals surface area contributed by atoms with E-state index in [9.17, 15) is 9.90 Å². The lowest BCUT2D eigenvalue weighted by Gasteiger charge is -2.12. The highest BCUT2D eigenvalue weighted by Crippen LogP contribution is 2.40. The molecule has 0 aliphatic carbocycles. The van der Waals surface area contributed by atoms with E-state index in [2.05, 4.69) is 19.9 Å². The number of hydrogen-bond acceptors (Lipinski definition) is 5. The molecule has 3 nitrogen and oxygen atoms in total. The lowest BCUT2D eigenvalue weighted by Crippen LogP contribution is -1.90. The van der Waals surface area contributed by atoms with Gasteiger partial charge in [-0.1, -0.05) is 55.1 Å². The molecule has 0 aliphatic rings. The Bertz CT molecular complexity index is 846. The summed E-state index contributed by atoms with van der Waals surface area (Å²) in [6.07, 6.45) is 0. The van der Waals surface area contributed by atoms with E-state index in [0.29, 0.717) is 21.1 Å². The summed E-state index contributed by atoms with van der Waals surface area (Å²) in [6, 6.07) is 11.4. The fraction of sp³-hybridized carbons (Fsp3) is 0.188. The highest BCUT2D eigenvalue weighted by Gasteiger charge is 2.13. The van der Waals surface area contributed by atoms with Crippen molar-refractivity contribution in [1.29, 1.82) is 0 Å². The van der Waals surface area contributed by atoms with Gasteiger partial charge in [-0.15, -0.1) is 0 Å². The number of aromatic hydroxyl groups is 1. The van der Waals surface area contributed by atoms with Gasteiger partial charge in [-0.3, -0.25) is 0 Å². The summed E-state index contributed by atoms with van der Waals surface area (Å²) in [4.78, 5) is 12.7. The number of phenols is 1. The summed E-state index contributed by atoms with van der Waals surface area (Å²) in [5, 5.41) is 10.2. The molecule has 5 heteroatoms. The molecule has 0 fully saturated rings. The lowest BCUT2D eigenvalue weighted by atomic mass is 10.0. The first-order valence-corrected chi connectivity index (χ1v) is 8.21. The van der Waals surface area contributed by atoms with Gasteiger partial charge in [0.1, 0.15) is 5.75 Å². The van der Waals surface area contributed by atoms with Crippen LogP contribution in [0.4, 0.5) is 0 Å². The Morgan fingerprint density at radius 1 is 1.19 bits per heavy atom. The average molecular weight is 318 g/mol. The van der Waals surface area contributed by atoms with Gasteiger partial charge in [-0.05, 0) is 17.5 Å². The largest absolute Gasteiger partial charge is 0.507 e. The second kappa shape index (κ2) is 5.58. The normalized spacial score (nSPS) is 11.4. The molecule has 0 radical (unpaired) electrons. The van der Waals surface area contributed by atoms with E-state index in [1.807, 2.05) is 18.2 Å². The Morgan fingerprint density at radius 2 is 1.95 bits per heavy atom. The Hall–Kier alpha value is -1.72. The van der Waals surface area contributed by atoms with E-state index in [1.165, 1.54) is 17.3 Å². The van der Waals surface area contributed by atoms with E-state index in [1.54, 1.807) is 12.1 Å². The SMILES string of the molecule is CC(C)c1ccccc1Sc1cc2oc(=O)sc2cc1O. The average Bonchev–Trinajstić information content (AvgIpc) is 2.78. The van der Waals surface area contributed by atoms with Crippen LogP contribution >= 0.6 is 23.1 Å². The van der Waals surface area contributed by atoms with Crippen LogP contribution in [-0.2, 0) is 0 Å². The fourth-order valence-electron chi connectivity index (χ4n) is 2.14. The van der Waals surface area contributed by atoms with Crippen LogP contribution in [0.1, 0.15) is 25.3 Å². The second-order valence-electron chi connectivity index (χ2n) is 5.02. The smallest absolute Gasteiger partial charge is 0.396 e. The first-order chi connectivity index (χ1) is 10.0. The van der Waals surface area contributed by atoms with E-state index in [0.717, 1.165) is 16.2 Å². The third-order valence-corrected chi connectivity index (χ3v) is 5.10. The van der Waals surface area contributed by atoms with Crippen molar-refractivity contribution in [3.8, 4) is 5.75 Å². The summed E-state index contributed by atoms with van der Waals surface area (Å²) in [5.74, 6) is 0.571. The van der Waals surface area contributed by atoms with Crippen LogP contribution in [0.25, 0.3) is 10.3 Å². The molecule has 0 saturated carbocycles. The molecule has 1 aromatic heterocycles. The highest BCUT2D eigenvalue weighted by atomic mass is 32.2. The molecule has 0 amide bonds. The van der Waals surface area contributed by atoms with Crippen molar-refractivity contribution in [3.63, 3.8) is 0 Å². The standard InChI is InChI=1S/C16H14O3S2/c1-9(2)10-5-3-4-6-13(10)20-14-8-12-15(7-11(14)17)21-16(18)19-12/h3-9,17H,1-2H3. The van der Waals surface area contributed by atoms with Gasteiger partial charge in [0.05, 0.1) is 9.60 Å². The molecule has 1 heterocycles. The molecular weight excluding hydrogens is 304 g/mol. The predicted octanol–water partition coefficient (Wildman–Crippen LogP) is 4.83. The topological polar surface area (TPSA) is 50.4 Å². The van der Waals surface area contributed by atoms with Crippen LogP contribution in [0.15, 0.2) is 55.4 Å². The van der Waals surface area contributed by atoms with Gasteiger partial charge >= 0.3 is 4.94 Å². The molecular formula is C16H14O3S2. The van der Waals surface area contributed by atoms with Crippen LogP contribution in [0, 0.1) is 0 Å². The summed E-state index contributed by atoms with van der Waals surface area (Å²) < 4.78 is 5.78. The third-order valence-electron chi connectivity index (χ3n) is 3.17. The van der Waals surface area contributed by atoms with Crippen molar-refractivity contribution in [3.05, 3.63) is 51.7 Å². The molecule has 3 rings (SSSR count). The Kier molecular flexibility index (Phi) is 3.78. The van der Waals surface area contributed by atoms with Crippen molar-refractivity contribution in [2.75, 3.05) is 0 Å². The van der Waals surface area contributed by atoms with Crippen LogP contribution in [-0.4, -0.2) is 5.11 Å². The van der Waals surface area contributed by atoms with E-state index in [-0.39, 0.29) is 10.7 Å². The summed E-state index contributed by atoms with van der Waals surface area (Å²) >= 11 is 2.48. The number of fused-ring (bicyclic) bond motifs is 1. The molecule has 0 unspecified atom stereocenters. The first-order valence-electron chi connectivity index (χ1n) is 6.58. The predicted molar refractivity (Wildman–Crippen MR) is 86.7 cm³/mol. The zero-order chi connectivity index (χ0) is 15.0. The van der Waals surface area contributed by atoms with Crippen molar-refractivity contribution < 1.29 is 9.52 Å². The van der Waals surface area contributed by atoms with E-state index >= 15 is 0 Å². The number of benzene rings is 2. The molecule has 3 aromatic rings. The van der Waals surface area contributed by atoms with Crippen LogP contribution in [0.5, 0.6) is 5.75 Å². The maximum Gasteiger partial charge on any atom is 0.396 e. The van der Waals surface area contributed by atoms with Gasteiger partial charge in [0, 0.05) is 17.0 Å². The molecule has 0 aliphatic heterocycles. The van der Waals surface area contributed by atoms with Gasteiger partial charge in [0.15, 0.2) is 5.58 Å². The van der Waals surface area contributed by atoms with Crippen molar-refractivity contribution in [2.45, 2.75) is 29.6 Å². The van der Waals surface area contributed by atoms with Crippen LogP contribution in [0.3, 0.4) is 0 Å². The van der Waals surface area contributed by atoms with Crippen molar-refractivity contribution in [1.82, 2.24) is 0 Å². The Balaban J connectivity index is 2.05. The molecule has 0 saturated heterocycles. The zero-order valence-corrected chi connectivity index (χ0v) is 13.3. The molecule has 108 valence electrons. The van der Waals surface area contributed by atoms with Gasteiger partial charge in [0.25, 0.3) is 0 Å². The van der Waals surface area contributed by atoms with Gasteiger partial charge in [-0.2, -0.15) is 0 Å². The van der Waals surface area contributed by atoms with Gasteiger partial charge < -0.3 is 9.52 Å². The fourth-order valence-corrected chi connectivity index (χ4v) is 3.96.